The Morgan fingerprint density at radius 2 is 1.79 bits per heavy atom. The zero-order valence-electron chi connectivity index (χ0n) is 18.5. The lowest BCUT2D eigenvalue weighted by Crippen LogP contribution is -2.14. The summed E-state index contributed by atoms with van der Waals surface area (Å²) < 4.78 is 2.35. The third kappa shape index (κ3) is 4.98. The predicted octanol–water partition coefficient (Wildman–Crippen LogP) is 5.41. The quantitative estimate of drug-likeness (QED) is 0.558. The number of hydrogen-bond donors (Lipinski definition) is 1. The predicted molar refractivity (Wildman–Crippen MR) is 120 cm³/mol. The van der Waals surface area contributed by atoms with Gasteiger partial charge in [-0.3, -0.25) is 4.79 Å². The van der Waals surface area contributed by atoms with Crippen LogP contribution in [-0.2, 0) is 13.0 Å². The van der Waals surface area contributed by atoms with Gasteiger partial charge in [0.1, 0.15) is 0 Å². The van der Waals surface area contributed by atoms with E-state index in [9.17, 15) is 4.79 Å². The summed E-state index contributed by atoms with van der Waals surface area (Å²) in [4.78, 5) is 14.5. The number of nitrogens with zero attached hydrogens (tertiary/aromatic N) is 2. The second-order valence-corrected chi connectivity index (χ2v) is 8.38. The van der Waals surface area contributed by atoms with E-state index in [0.29, 0.717) is 11.5 Å². The second kappa shape index (κ2) is 9.81. The fraction of sp³-hybridized carbons (Fsp3) is 0.542. The molecule has 154 valence electrons. The summed E-state index contributed by atoms with van der Waals surface area (Å²) in [6, 6.07) is 8.45. The van der Waals surface area contributed by atoms with E-state index in [4.69, 9.17) is 5.73 Å². The maximum absolute atomic E-state index is 12.4. The first-order valence-corrected chi connectivity index (χ1v) is 10.6. The van der Waals surface area contributed by atoms with Crippen LogP contribution in [0.3, 0.4) is 0 Å². The minimum absolute atomic E-state index is 0.329. The molecule has 2 rings (SSSR count). The van der Waals surface area contributed by atoms with Crippen LogP contribution in [0.1, 0.15) is 68.2 Å². The van der Waals surface area contributed by atoms with Crippen molar-refractivity contribution in [1.82, 2.24) is 4.57 Å². The highest BCUT2D eigenvalue weighted by atomic mass is 16.1. The molecule has 28 heavy (non-hydrogen) atoms. The molecule has 1 aromatic carbocycles. The van der Waals surface area contributed by atoms with E-state index in [0.717, 1.165) is 48.3 Å². The molecule has 2 N–H and O–H groups in total. The summed E-state index contributed by atoms with van der Waals surface area (Å²) >= 11 is 0. The zero-order chi connectivity index (χ0) is 20.8. The summed E-state index contributed by atoms with van der Waals surface area (Å²) in [5.41, 5.74) is 12.1. The Bertz CT molecular complexity index is 785. The molecular weight excluding hydrogens is 346 g/mol. The summed E-state index contributed by atoms with van der Waals surface area (Å²) in [5, 5.41) is 0. The largest absolute Gasteiger partial charge is 0.378 e. The van der Waals surface area contributed by atoms with Gasteiger partial charge in [-0.05, 0) is 49.8 Å². The molecule has 0 saturated heterocycles. The minimum atomic E-state index is -0.329. The Labute approximate surface area is 170 Å². The van der Waals surface area contributed by atoms with Gasteiger partial charge in [0.05, 0.1) is 5.56 Å². The molecule has 0 spiro atoms. The Morgan fingerprint density at radius 3 is 2.29 bits per heavy atom. The van der Waals surface area contributed by atoms with Crippen molar-refractivity contribution in [2.75, 3.05) is 19.0 Å². The number of unbranched alkanes of at least 4 members (excludes halogenated alkanes) is 2. The molecule has 4 heteroatoms. The Balaban J connectivity index is 2.61. The Morgan fingerprint density at radius 1 is 1.14 bits per heavy atom. The summed E-state index contributed by atoms with van der Waals surface area (Å²) in [6.07, 6.45) is 5.57. The molecule has 0 saturated carbocycles. The zero-order valence-corrected chi connectivity index (χ0v) is 18.5. The first kappa shape index (κ1) is 22.1. The summed E-state index contributed by atoms with van der Waals surface area (Å²) in [6.45, 7) is 9.68. The number of carbonyl (C=O) groups is 1. The molecule has 0 aliphatic rings. The molecule has 0 aliphatic heterocycles. The smallest absolute Gasteiger partial charge is 0.251 e. The molecule has 1 aromatic heterocycles. The van der Waals surface area contributed by atoms with Crippen LogP contribution in [0.5, 0.6) is 0 Å². The highest BCUT2D eigenvalue weighted by Crippen LogP contribution is 2.35. The number of rotatable bonds is 10. The number of anilines is 1. The average Bonchev–Trinajstić information content (AvgIpc) is 2.92. The number of benzene rings is 1. The average molecular weight is 384 g/mol. The molecule has 1 amide bonds. The molecule has 0 aliphatic carbocycles. The van der Waals surface area contributed by atoms with Crippen molar-refractivity contribution in [1.29, 1.82) is 0 Å². The lowest BCUT2D eigenvalue weighted by Gasteiger charge is -2.16. The van der Waals surface area contributed by atoms with Crippen molar-refractivity contribution in [2.24, 2.45) is 11.7 Å². The van der Waals surface area contributed by atoms with Gasteiger partial charge in [-0.25, -0.2) is 0 Å². The van der Waals surface area contributed by atoms with Crippen LogP contribution in [0.2, 0.25) is 0 Å². The maximum atomic E-state index is 12.4. The van der Waals surface area contributed by atoms with Crippen LogP contribution in [-0.4, -0.2) is 24.6 Å². The molecule has 2 aromatic rings. The Hall–Kier alpha value is -2.23. The van der Waals surface area contributed by atoms with Crippen LogP contribution in [0, 0.1) is 12.8 Å². The van der Waals surface area contributed by atoms with Gasteiger partial charge in [0.15, 0.2) is 0 Å². The van der Waals surface area contributed by atoms with Gasteiger partial charge in [0, 0.05) is 43.3 Å². The monoisotopic (exact) mass is 383 g/mol. The highest BCUT2D eigenvalue weighted by molar-refractivity contribution is 6.02. The van der Waals surface area contributed by atoms with Gasteiger partial charge in [0.25, 0.3) is 5.91 Å². The Kier molecular flexibility index (Phi) is 7.73. The normalized spacial score (nSPS) is 11.2. The van der Waals surface area contributed by atoms with E-state index in [1.807, 2.05) is 21.0 Å². The fourth-order valence-electron chi connectivity index (χ4n) is 3.83. The van der Waals surface area contributed by atoms with Gasteiger partial charge in [-0.15, -0.1) is 0 Å². The summed E-state index contributed by atoms with van der Waals surface area (Å²) in [5.74, 6) is 0.286. The van der Waals surface area contributed by atoms with Crippen molar-refractivity contribution in [3.8, 4) is 11.1 Å². The highest BCUT2D eigenvalue weighted by Gasteiger charge is 2.24. The molecule has 0 radical (unpaired) electrons. The van der Waals surface area contributed by atoms with Crippen molar-refractivity contribution in [3.63, 3.8) is 0 Å². The topological polar surface area (TPSA) is 51.3 Å². The molecule has 4 nitrogen and oxygen atoms in total. The van der Waals surface area contributed by atoms with Crippen LogP contribution >= 0.6 is 0 Å². The molecule has 0 unspecified atom stereocenters. The standard InChI is InChI=1S/C24H37N3O/c1-7-8-9-10-21-23(19-11-13-20(14-12-19)26(5)6)22(24(25)28)18(4)27(21)16-15-17(2)3/h11-14,17H,7-10,15-16H2,1-6H3,(H2,25,28). The second-order valence-electron chi connectivity index (χ2n) is 8.38. The van der Waals surface area contributed by atoms with Crippen molar-refractivity contribution < 1.29 is 4.79 Å². The number of hydrogen-bond acceptors (Lipinski definition) is 2. The maximum Gasteiger partial charge on any atom is 0.251 e. The van der Waals surface area contributed by atoms with E-state index in [1.54, 1.807) is 0 Å². The first-order chi connectivity index (χ1) is 13.3. The summed E-state index contributed by atoms with van der Waals surface area (Å²) in [7, 11) is 4.07. The van der Waals surface area contributed by atoms with E-state index in [2.05, 4.69) is 54.5 Å². The van der Waals surface area contributed by atoms with Crippen molar-refractivity contribution in [2.45, 2.75) is 66.3 Å². The van der Waals surface area contributed by atoms with Crippen LogP contribution < -0.4 is 10.6 Å². The molecule has 0 fully saturated rings. The number of nitrogens with two attached hydrogens (primary N) is 1. The number of aromatic nitrogens is 1. The van der Waals surface area contributed by atoms with Gasteiger partial charge >= 0.3 is 0 Å². The van der Waals surface area contributed by atoms with Gasteiger partial charge in [-0.2, -0.15) is 0 Å². The van der Waals surface area contributed by atoms with Gasteiger partial charge < -0.3 is 15.2 Å². The number of amides is 1. The van der Waals surface area contributed by atoms with E-state index in [1.165, 1.54) is 18.5 Å². The molecular formula is C24H37N3O. The van der Waals surface area contributed by atoms with E-state index < -0.39 is 0 Å². The number of carbonyl (C=O) groups excluding carboxylic acids is 1. The minimum Gasteiger partial charge on any atom is -0.378 e. The SMILES string of the molecule is CCCCCc1c(-c2ccc(N(C)C)cc2)c(C(N)=O)c(C)n1CCC(C)C. The van der Waals surface area contributed by atoms with Crippen LogP contribution in [0.15, 0.2) is 24.3 Å². The van der Waals surface area contributed by atoms with Gasteiger partial charge in [-0.1, -0.05) is 45.7 Å². The van der Waals surface area contributed by atoms with E-state index in [-0.39, 0.29) is 5.91 Å². The van der Waals surface area contributed by atoms with Crippen LogP contribution in [0.4, 0.5) is 5.69 Å². The van der Waals surface area contributed by atoms with E-state index >= 15 is 0 Å². The fourth-order valence-corrected chi connectivity index (χ4v) is 3.83. The first-order valence-electron chi connectivity index (χ1n) is 10.6. The molecule has 0 bridgehead atoms. The van der Waals surface area contributed by atoms with Crippen molar-refractivity contribution in [3.05, 3.63) is 41.2 Å². The molecule has 0 atom stereocenters. The number of primary amides is 1. The third-order valence-electron chi connectivity index (χ3n) is 5.50. The lowest BCUT2D eigenvalue weighted by molar-refractivity contribution is 0.1000. The third-order valence-corrected chi connectivity index (χ3v) is 5.50. The lowest BCUT2D eigenvalue weighted by atomic mass is 9.97. The molecule has 1 heterocycles. The van der Waals surface area contributed by atoms with Crippen molar-refractivity contribution >= 4 is 11.6 Å². The van der Waals surface area contributed by atoms with Crippen LogP contribution in [0.25, 0.3) is 11.1 Å². The van der Waals surface area contributed by atoms with Gasteiger partial charge in [0.2, 0.25) is 0 Å².